The smallest absolute Gasteiger partial charge is 0.248 e. The topological polar surface area (TPSA) is 75.3 Å². The maximum Gasteiger partial charge on any atom is 0.248 e. The number of benzene rings is 1. The van der Waals surface area contributed by atoms with Crippen molar-refractivity contribution in [2.45, 2.75) is 50.9 Å². The van der Waals surface area contributed by atoms with Gasteiger partial charge in [0.1, 0.15) is 6.54 Å². The zero-order chi connectivity index (χ0) is 19.1. The van der Waals surface area contributed by atoms with E-state index in [0.29, 0.717) is 29.3 Å². The van der Waals surface area contributed by atoms with E-state index >= 15 is 0 Å². The Labute approximate surface area is 169 Å². The average molecular weight is 408 g/mol. The highest BCUT2D eigenvalue weighted by Gasteiger charge is 2.25. The van der Waals surface area contributed by atoms with Gasteiger partial charge < -0.3 is 15.2 Å². The predicted octanol–water partition coefficient (Wildman–Crippen LogP) is 4.12. The minimum atomic E-state index is 0.336. The number of halogens is 1. The third-order valence-electron chi connectivity index (χ3n) is 4.40. The van der Waals surface area contributed by atoms with Crippen molar-refractivity contribution in [3.05, 3.63) is 35.2 Å². The quantitative estimate of drug-likeness (QED) is 0.531. The van der Waals surface area contributed by atoms with E-state index in [9.17, 15) is 0 Å². The molecule has 2 unspecified atom stereocenters. The Morgan fingerprint density at radius 2 is 2.26 bits per heavy atom. The molecule has 2 atom stereocenters. The summed E-state index contributed by atoms with van der Waals surface area (Å²) in [5.41, 5.74) is 0.830. The van der Waals surface area contributed by atoms with Gasteiger partial charge in [-0.1, -0.05) is 35.8 Å². The summed E-state index contributed by atoms with van der Waals surface area (Å²) in [4.78, 5) is 9.03. The van der Waals surface area contributed by atoms with Crippen LogP contribution in [0.4, 0.5) is 0 Å². The van der Waals surface area contributed by atoms with Gasteiger partial charge in [0.25, 0.3) is 0 Å². The van der Waals surface area contributed by atoms with Gasteiger partial charge in [-0.15, -0.1) is 0 Å². The molecule has 1 aliphatic carbocycles. The van der Waals surface area contributed by atoms with Gasteiger partial charge in [-0.2, -0.15) is 16.7 Å². The van der Waals surface area contributed by atoms with Crippen molar-refractivity contribution in [1.82, 2.24) is 20.8 Å². The second-order valence-corrected chi connectivity index (χ2v) is 8.46. The number of rotatable bonds is 7. The summed E-state index contributed by atoms with van der Waals surface area (Å²) < 4.78 is 5.34. The molecule has 146 valence electrons. The van der Waals surface area contributed by atoms with Crippen LogP contribution in [0.15, 0.2) is 33.8 Å². The second kappa shape index (κ2) is 9.99. The molecule has 27 heavy (non-hydrogen) atoms. The summed E-state index contributed by atoms with van der Waals surface area (Å²) in [6.45, 7) is 5.43. The summed E-state index contributed by atoms with van der Waals surface area (Å²) in [5.74, 6) is 2.98. The summed E-state index contributed by atoms with van der Waals surface area (Å²) in [7, 11) is 0. The maximum atomic E-state index is 6.02. The fourth-order valence-electron chi connectivity index (χ4n) is 3.18. The van der Waals surface area contributed by atoms with Crippen LogP contribution in [-0.2, 0) is 6.54 Å². The molecule has 0 saturated heterocycles. The fraction of sp³-hybridized carbons (Fsp3) is 0.526. The molecule has 8 heteroatoms. The fourth-order valence-corrected chi connectivity index (χ4v) is 4.52. The molecule has 0 aliphatic heterocycles. The van der Waals surface area contributed by atoms with Crippen LogP contribution in [0.1, 0.15) is 39.0 Å². The molecule has 2 N–H and O–H groups in total. The second-order valence-electron chi connectivity index (χ2n) is 6.45. The molecular formula is C19H26ClN5OS. The van der Waals surface area contributed by atoms with E-state index in [1.807, 2.05) is 24.3 Å². The zero-order valence-corrected chi connectivity index (χ0v) is 17.3. The minimum Gasteiger partial charge on any atom is -0.357 e. The van der Waals surface area contributed by atoms with Gasteiger partial charge in [0.2, 0.25) is 11.7 Å². The van der Waals surface area contributed by atoms with E-state index in [0.717, 1.165) is 23.3 Å². The van der Waals surface area contributed by atoms with E-state index in [2.05, 4.69) is 51.4 Å². The van der Waals surface area contributed by atoms with Crippen LogP contribution in [0.2, 0.25) is 5.02 Å². The van der Waals surface area contributed by atoms with E-state index in [-0.39, 0.29) is 0 Å². The highest BCUT2D eigenvalue weighted by atomic mass is 35.5. The van der Waals surface area contributed by atoms with Crippen molar-refractivity contribution < 1.29 is 4.52 Å². The van der Waals surface area contributed by atoms with Gasteiger partial charge in [-0.3, -0.25) is 0 Å². The number of hydrogen-bond donors (Lipinski definition) is 2. The third-order valence-corrected chi connectivity index (χ3v) is 5.86. The van der Waals surface area contributed by atoms with E-state index in [1.165, 1.54) is 25.0 Å². The minimum absolute atomic E-state index is 0.336. The molecule has 0 bridgehead atoms. The Kier molecular flexibility index (Phi) is 7.41. The maximum absolute atomic E-state index is 6.02. The van der Waals surface area contributed by atoms with Crippen LogP contribution in [0.3, 0.4) is 0 Å². The van der Waals surface area contributed by atoms with Crippen molar-refractivity contribution in [3.8, 4) is 11.4 Å². The molecule has 1 aromatic heterocycles. The first-order chi connectivity index (χ1) is 13.2. The molecule has 0 radical (unpaired) electrons. The van der Waals surface area contributed by atoms with Gasteiger partial charge in [-0.25, -0.2) is 4.99 Å². The normalized spacial score (nSPS) is 20.0. The Hall–Kier alpha value is -1.73. The molecule has 1 aliphatic rings. The number of nitrogens with one attached hydrogen (secondary N) is 2. The molecule has 0 amide bonds. The molecule has 3 rings (SSSR count). The van der Waals surface area contributed by atoms with Crippen LogP contribution < -0.4 is 10.6 Å². The van der Waals surface area contributed by atoms with Gasteiger partial charge >= 0.3 is 0 Å². The molecule has 6 nitrogen and oxygen atoms in total. The lowest BCUT2D eigenvalue weighted by Crippen LogP contribution is -2.42. The van der Waals surface area contributed by atoms with E-state index < -0.39 is 0 Å². The first-order valence-corrected chi connectivity index (χ1v) is 10.9. The number of guanidine groups is 1. The first-order valence-electron chi connectivity index (χ1n) is 9.43. The standard InChI is InChI=1S/C19H26ClN5OS/c1-3-21-19(23-15-8-9-16(11-15)27-4-2)22-12-17-24-18(25-26-17)13-6-5-7-14(20)10-13/h5-7,10,15-16H,3-4,8-9,11-12H2,1-2H3,(H2,21,22,23). The third kappa shape index (κ3) is 5.87. The summed E-state index contributed by atoms with van der Waals surface area (Å²) in [6, 6.07) is 7.87. The first kappa shape index (κ1) is 20.0. The van der Waals surface area contributed by atoms with Crippen molar-refractivity contribution in [2.75, 3.05) is 12.3 Å². The Bertz CT molecular complexity index is 766. The van der Waals surface area contributed by atoms with Crippen LogP contribution in [0.25, 0.3) is 11.4 Å². The van der Waals surface area contributed by atoms with Crippen LogP contribution >= 0.6 is 23.4 Å². The molecule has 1 saturated carbocycles. The zero-order valence-electron chi connectivity index (χ0n) is 15.7. The van der Waals surface area contributed by atoms with E-state index in [1.54, 1.807) is 0 Å². The molecule has 1 aromatic carbocycles. The number of thioether (sulfide) groups is 1. The number of aliphatic imine (C=N–C) groups is 1. The average Bonchev–Trinajstić information content (AvgIpc) is 3.30. The van der Waals surface area contributed by atoms with Gasteiger partial charge in [0, 0.05) is 28.4 Å². The molecule has 1 heterocycles. The van der Waals surface area contributed by atoms with Crippen molar-refractivity contribution >= 4 is 29.3 Å². The Morgan fingerprint density at radius 1 is 1.37 bits per heavy atom. The summed E-state index contributed by atoms with van der Waals surface area (Å²) in [5, 5.41) is 12.3. The number of aromatic nitrogens is 2. The van der Waals surface area contributed by atoms with Crippen LogP contribution in [0, 0.1) is 0 Å². The van der Waals surface area contributed by atoms with Crippen LogP contribution in [0.5, 0.6) is 0 Å². The van der Waals surface area contributed by atoms with Crippen molar-refractivity contribution in [1.29, 1.82) is 0 Å². The summed E-state index contributed by atoms with van der Waals surface area (Å²) in [6.07, 6.45) is 3.63. The lowest BCUT2D eigenvalue weighted by Gasteiger charge is -2.17. The molecular weight excluding hydrogens is 382 g/mol. The highest BCUT2D eigenvalue weighted by molar-refractivity contribution is 7.99. The SMILES string of the molecule is CCNC(=NCc1nc(-c2cccc(Cl)c2)no1)NC1CCC(SCC)C1. The molecule has 2 aromatic rings. The Morgan fingerprint density at radius 3 is 3.04 bits per heavy atom. The van der Waals surface area contributed by atoms with Crippen molar-refractivity contribution in [3.63, 3.8) is 0 Å². The lowest BCUT2D eigenvalue weighted by atomic mass is 10.2. The monoisotopic (exact) mass is 407 g/mol. The lowest BCUT2D eigenvalue weighted by molar-refractivity contribution is 0.380. The predicted molar refractivity (Wildman–Crippen MR) is 112 cm³/mol. The highest BCUT2D eigenvalue weighted by Crippen LogP contribution is 2.29. The van der Waals surface area contributed by atoms with Gasteiger partial charge in [-0.05, 0) is 44.1 Å². The summed E-state index contributed by atoms with van der Waals surface area (Å²) >= 11 is 8.08. The largest absolute Gasteiger partial charge is 0.357 e. The van der Waals surface area contributed by atoms with Crippen molar-refractivity contribution in [2.24, 2.45) is 4.99 Å². The molecule has 0 spiro atoms. The van der Waals surface area contributed by atoms with Crippen LogP contribution in [-0.4, -0.2) is 39.7 Å². The number of hydrogen-bond acceptors (Lipinski definition) is 5. The number of nitrogens with zero attached hydrogens (tertiary/aromatic N) is 3. The van der Waals surface area contributed by atoms with Gasteiger partial charge in [0.15, 0.2) is 5.96 Å². The van der Waals surface area contributed by atoms with Gasteiger partial charge in [0.05, 0.1) is 0 Å². The Balaban J connectivity index is 1.60. The molecule has 1 fully saturated rings. The van der Waals surface area contributed by atoms with E-state index in [4.69, 9.17) is 16.1 Å².